The summed E-state index contributed by atoms with van der Waals surface area (Å²) in [5.74, 6) is 4.60. The summed E-state index contributed by atoms with van der Waals surface area (Å²) in [7, 11) is 0. The van der Waals surface area contributed by atoms with Crippen molar-refractivity contribution in [2.45, 2.75) is 81.1 Å². The van der Waals surface area contributed by atoms with Crippen LogP contribution in [0.5, 0.6) is 0 Å². The molecule has 0 saturated carbocycles. The zero-order chi connectivity index (χ0) is 27.6. The molecule has 4 aromatic rings. The first-order chi connectivity index (χ1) is 17.1. The van der Waals surface area contributed by atoms with Crippen molar-refractivity contribution in [3.63, 3.8) is 0 Å². The Balaban J connectivity index is 0. The number of rotatable bonds is 2. The van der Waals surface area contributed by atoms with Gasteiger partial charge in [0.2, 0.25) is 0 Å². The van der Waals surface area contributed by atoms with Crippen LogP contribution in [-0.2, 0) is 0 Å². The van der Waals surface area contributed by atoms with E-state index in [0.29, 0.717) is 11.8 Å². The lowest BCUT2D eigenvalue weighted by atomic mass is 10.2. The third-order valence-electron chi connectivity index (χ3n) is 3.05. The summed E-state index contributed by atoms with van der Waals surface area (Å²) < 4.78 is 0. The summed E-state index contributed by atoms with van der Waals surface area (Å²) in [5, 5.41) is 0. The molecular weight excluding hydrogens is 448 g/mol. The van der Waals surface area contributed by atoms with Crippen molar-refractivity contribution in [2.75, 3.05) is 0 Å². The number of aromatic nitrogens is 8. The van der Waals surface area contributed by atoms with Crippen LogP contribution in [0.15, 0.2) is 74.4 Å². The number of hydrogen-bond donors (Lipinski definition) is 2. The molecule has 8 nitrogen and oxygen atoms in total. The van der Waals surface area contributed by atoms with Crippen LogP contribution in [-0.4, -0.2) is 39.9 Å². The van der Waals surface area contributed by atoms with Crippen LogP contribution in [0.4, 0.5) is 0 Å². The summed E-state index contributed by atoms with van der Waals surface area (Å²) in [5.41, 5.74) is 0. The van der Waals surface area contributed by atoms with Gasteiger partial charge in [0.1, 0.15) is 18.0 Å². The van der Waals surface area contributed by atoms with Gasteiger partial charge in [-0.1, -0.05) is 69.2 Å². The minimum Gasteiger partial charge on any atom is -0.351 e. The molecule has 200 valence electrons. The maximum atomic E-state index is 4.07. The molecule has 4 heterocycles. The maximum absolute atomic E-state index is 4.07. The lowest BCUT2D eigenvalue weighted by Crippen LogP contribution is -1.93. The van der Waals surface area contributed by atoms with Crippen molar-refractivity contribution >= 4 is 0 Å². The predicted molar refractivity (Wildman–Crippen MR) is 150 cm³/mol. The van der Waals surface area contributed by atoms with Crippen molar-refractivity contribution < 1.29 is 0 Å². The van der Waals surface area contributed by atoms with Crippen LogP contribution >= 0.6 is 0 Å². The highest BCUT2D eigenvalue weighted by Gasteiger charge is 1.97. The molecule has 2 N–H and O–H groups in total. The van der Waals surface area contributed by atoms with Gasteiger partial charge in [-0.25, -0.2) is 29.9 Å². The van der Waals surface area contributed by atoms with Gasteiger partial charge in [-0.15, -0.1) is 0 Å². The van der Waals surface area contributed by atoms with Crippen molar-refractivity contribution in [3.8, 4) is 0 Å². The van der Waals surface area contributed by atoms with E-state index in [1.54, 1.807) is 55.8 Å². The van der Waals surface area contributed by atoms with Gasteiger partial charge in [0.15, 0.2) is 0 Å². The fourth-order valence-corrected chi connectivity index (χ4v) is 1.67. The molecule has 36 heavy (non-hydrogen) atoms. The minimum absolute atomic E-state index is 0.436. The highest BCUT2D eigenvalue weighted by Crippen LogP contribution is 2.05. The van der Waals surface area contributed by atoms with E-state index in [2.05, 4.69) is 109 Å². The van der Waals surface area contributed by atoms with Crippen molar-refractivity contribution in [1.29, 1.82) is 0 Å². The summed E-state index contributed by atoms with van der Waals surface area (Å²) in [6.07, 6.45) is 17.1. The van der Waals surface area contributed by atoms with Gasteiger partial charge in [-0.05, 0) is 24.0 Å². The third-order valence-corrected chi connectivity index (χ3v) is 3.05. The van der Waals surface area contributed by atoms with E-state index in [-0.39, 0.29) is 0 Å². The molecule has 0 amide bonds. The van der Waals surface area contributed by atoms with E-state index in [9.17, 15) is 0 Å². The fourth-order valence-electron chi connectivity index (χ4n) is 1.67. The Kier molecular flexibility index (Phi) is 23.8. The Labute approximate surface area is 218 Å². The lowest BCUT2D eigenvalue weighted by Gasteiger charge is -1.98. The molecule has 0 atom stereocenters. The van der Waals surface area contributed by atoms with Crippen LogP contribution in [0.3, 0.4) is 0 Å². The van der Waals surface area contributed by atoms with Crippen LogP contribution in [0.25, 0.3) is 0 Å². The topological polar surface area (TPSA) is 109 Å². The van der Waals surface area contributed by atoms with E-state index < -0.39 is 0 Å². The molecule has 0 aliphatic carbocycles. The molecule has 4 aromatic heterocycles. The van der Waals surface area contributed by atoms with Crippen LogP contribution in [0, 0.1) is 11.8 Å². The van der Waals surface area contributed by atoms with E-state index in [1.807, 2.05) is 12.3 Å². The summed E-state index contributed by atoms with van der Waals surface area (Å²) in [6, 6.07) is 3.60. The molecule has 0 aliphatic rings. The van der Waals surface area contributed by atoms with Gasteiger partial charge in [-0.2, -0.15) is 0 Å². The van der Waals surface area contributed by atoms with Crippen LogP contribution < -0.4 is 0 Å². The number of nitrogens with zero attached hydrogens (tertiary/aromatic N) is 6. The first-order valence-electron chi connectivity index (χ1n) is 12.5. The third kappa shape index (κ3) is 28.6. The van der Waals surface area contributed by atoms with E-state index in [0.717, 1.165) is 23.5 Å². The Hall–Kier alpha value is -3.42. The SMILES string of the molecule is CC(C)C.CC(C)C.CC(C)c1ncc[nH]1.CC(C)c1ncccn1.c1c[nH]cn1.c1cncnc1. The number of aromatic amines is 2. The molecule has 4 rings (SSSR count). The Morgan fingerprint density at radius 2 is 1.08 bits per heavy atom. The van der Waals surface area contributed by atoms with Gasteiger partial charge in [0.05, 0.1) is 6.33 Å². The van der Waals surface area contributed by atoms with E-state index >= 15 is 0 Å². The Bertz CT molecular complexity index is 805. The average molecular weight is 497 g/mol. The molecule has 0 bridgehead atoms. The quantitative estimate of drug-likeness (QED) is 0.300. The molecule has 0 aromatic carbocycles. The first-order valence-corrected chi connectivity index (χ1v) is 12.5. The van der Waals surface area contributed by atoms with Gasteiger partial charge < -0.3 is 9.97 Å². The zero-order valence-corrected chi connectivity index (χ0v) is 23.9. The fraction of sp³-hybridized carbons (Fsp3) is 0.500. The second-order valence-electron chi connectivity index (χ2n) is 9.52. The van der Waals surface area contributed by atoms with Crippen LogP contribution in [0.1, 0.15) is 92.7 Å². The lowest BCUT2D eigenvalue weighted by molar-refractivity contribution is 0.736. The first kappa shape index (κ1) is 34.7. The number of imidazole rings is 2. The van der Waals surface area contributed by atoms with Gasteiger partial charge in [0.25, 0.3) is 0 Å². The monoisotopic (exact) mass is 496 g/mol. The second-order valence-corrected chi connectivity index (χ2v) is 9.52. The zero-order valence-electron chi connectivity index (χ0n) is 23.9. The molecular formula is C28H48N8. The summed E-state index contributed by atoms with van der Waals surface area (Å²) in [6.45, 7) is 21.4. The molecule has 0 unspecified atom stereocenters. The van der Waals surface area contributed by atoms with Crippen molar-refractivity contribution in [2.24, 2.45) is 11.8 Å². The molecule has 0 aliphatic heterocycles. The number of hydrogen-bond acceptors (Lipinski definition) is 6. The Morgan fingerprint density at radius 1 is 0.556 bits per heavy atom. The molecule has 0 saturated heterocycles. The molecule has 0 spiro atoms. The van der Waals surface area contributed by atoms with Crippen LogP contribution in [0.2, 0.25) is 0 Å². The smallest absolute Gasteiger partial charge is 0.130 e. The van der Waals surface area contributed by atoms with Crippen molar-refractivity contribution in [3.05, 3.63) is 86.0 Å². The van der Waals surface area contributed by atoms with Gasteiger partial charge in [-0.3, -0.25) is 0 Å². The maximum Gasteiger partial charge on any atom is 0.130 e. The summed E-state index contributed by atoms with van der Waals surface area (Å²) in [4.78, 5) is 29.0. The molecule has 0 radical (unpaired) electrons. The standard InChI is InChI=1S/C7H10N2.C6H10N2.C4H4N2.2C4H10.C3H4N2/c1-6(2)7-8-4-3-5-9-7;1-5(2)6-7-3-4-8-6;1-2-5-4-6-3-1;2*1-4(2)3;1-2-5-3-4-1/h3-6H,1-2H3;3-5H,1-2H3,(H,7,8);1-4H;2*4H,1-3H3;1-3H,(H,4,5). The highest BCUT2D eigenvalue weighted by molar-refractivity contribution is 4.93. The molecule has 8 heteroatoms. The highest BCUT2D eigenvalue weighted by atomic mass is 14.9. The largest absolute Gasteiger partial charge is 0.351 e. The van der Waals surface area contributed by atoms with E-state index in [1.165, 1.54) is 6.33 Å². The summed E-state index contributed by atoms with van der Waals surface area (Å²) >= 11 is 0. The minimum atomic E-state index is 0.436. The normalized spacial score (nSPS) is 9.28. The van der Waals surface area contributed by atoms with Gasteiger partial charge in [0, 0.05) is 61.4 Å². The molecule has 0 fully saturated rings. The number of nitrogens with one attached hydrogen (secondary N) is 2. The van der Waals surface area contributed by atoms with E-state index in [4.69, 9.17) is 0 Å². The average Bonchev–Trinajstić information content (AvgIpc) is 3.58. The van der Waals surface area contributed by atoms with Gasteiger partial charge >= 0.3 is 0 Å². The number of H-pyrrole nitrogens is 2. The predicted octanol–water partition coefficient (Wildman–Crippen LogP) is 7.34. The Morgan fingerprint density at radius 3 is 1.28 bits per heavy atom. The second kappa shape index (κ2) is 24.7. The van der Waals surface area contributed by atoms with Crippen molar-refractivity contribution in [1.82, 2.24) is 39.9 Å².